The van der Waals surface area contributed by atoms with Crippen molar-refractivity contribution < 1.29 is 18.8 Å². The topological polar surface area (TPSA) is 82.9 Å². The molecule has 4 rings (SSSR count). The molecule has 0 unspecified atom stereocenters. The first kappa shape index (κ1) is 19.9. The van der Waals surface area contributed by atoms with Crippen molar-refractivity contribution in [3.05, 3.63) is 36.3 Å². The first-order valence-electron chi connectivity index (χ1n) is 10.7. The molecule has 156 valence electrons. The van der Waals surface area contributed by atoms with E-state index in [0.29, 0.717) is 19.4 Å². The van der Waals surface area contributed by atoms with E-state index < -0.39 is 0 Å². The Bertz CT molecular complexity index is 741. The molecule has 2 aliphatic heterocycles. The summed E-state index contributed by atoms with van der Waals surface area (Å²) in [5.74, 6) is -0.0188. The number of hydrogen-bond donors (Lipinski definition) is 1. The Morgan fingerprint density at radius 3 is 2.41 bits per heavy atom. The van der Waals surface area contributed by atoms with Gasteiger partial charge in [0, 0.05) is 19.5 Å². The summed E-state index contributed by atoms with van der Waals surface area (Å²) in [6.07, 6.45) is 10.5. The largest absolute Gasteiger partial charge is 0.468 e. The minimum atomic E-state index is -0.238. The van der Waals surface area contributed by atoms with Crippen molar-refractivity contribution in [1.82, 2.24) is 15.1 Å². The fourth-order valence-electron chi connectivity index (χ4n) is 4.72. The predicted octanol–water partition coefficient (Wildman–Crippen LogP) is 2.26. The van der Waals surface area contributed by atoms with Gasteiger partial charge in [0.15, 0.2) is 0 Å². The van der Waals surface area contributed by atoms with Crippen LogP contribution in [0.25, 0.3) is 0 Å². The van der Waals surface area contributed by atoms with Crippen molar-refractivity contribution in [3.63, 3.8) is 0 Å². The number of allylic oxidation sites excluding steroid dienone is 2. The Labute approximate surface area is 171 Å². The first-order valence-corrected chi connectivity index (χ1v) is 10.7. The van der Waals surface area contributed by atoms with E-state index in [1.807, 2.05) is 24.3 Å². The Morgan fingerprint density at radius 1 is 1.10 bits per heavy atom. The number of carbonyl (C=O) groups excluding carboxylic acids is 3. The number of nitrogens with one attached hydrogen (secondary N) is 1. The fraction of sp³-hybridized carbons (Fsp3) is 0.591. The number of fused-ring (bicyclic) bond motifs is 1. The van der Waals surface area contributed by atoms with Gasteiger partial charge in [-0.15, -0.1) is 0 Å². The summed E-state index contributed by atoms with van der Waals surface area (Å²) in [6.45, 7) is 2.61. The minimum Gasteiger partial charge on any atom is -0.468 e. The number of piperidine rings is 1. The van der Waals surface area contributed by atoms with Crippen LogP contribution in [0.4, 0.5) is 0 Å². The maximum absolute atomic E-state index is 12.5. The average molecular weight is 399 g/mol. The average Bonchev–Trinajstić information content (AvgIpc) is 3.36. The van der Waals surface area contributed by atoms with E-state index in [4.69, 9.17) is 4.42 Å². The molecule has 1 aromatic rings. The maximum atomic E-state index is 12.5. The molecule has 3 atom stereocenters. The Hall–Kier alpha value is -2.41. The quantitative estimate of drug-likeness (QED) is 0.562. The molecule has 3 amide bonds. The third-order valence-corrected chi connectivity index (χ3v) is 6.36. The summed E-state index contributed by atoms with van der Waals surface area (Å²) >= 11 is 0. The van der Waals surface area contributed by atoms with Crippen LogP contribution in [-0.4, -0.2) is 53.7 Å². The third-order valence-electron chi connectivity index (χ3n) is 6.36. The summed E-state index contributed by atoms with van der Waals surface area (Å²) in [5.41, 5.74) is 0. The Balaban J connectivity index is 1.30. The third kappa shape index (κ3) is 4.29. The zero-order chi connectivity index (χ0) is 20.2. The second-order valence-corrected chi connectivity index (χ2v) is 8.17. The Morgan fingerprint density at radius 2 is 1.79 bits per heavy atom. The van der Waals surface area contributed by atoms with Crippen LogP contribution in [0.2, 0.25) is 0 Å². The van der Waals surface area contributed by atoms with Gasteiger partial charge in [-0.3, -0.25) is 24.2 Å². The number of nitrogens with zero attached hydrogens (tertiary/aromatic N) is 2. The number of hydrogen-bond acceptors (Lipinski definition) is 5. The molecular formula is C22H29N3O4. The zero-order valence-electron chi connectivity index (χ0n) is 16.7. The monoisotopic (exact) mass is 399 g/mol. The summed E-state index contributed by atoms with van der Waals surface area (Å²) in [7, 11) is 0. The van der Waals surface area contributed by atoms with E-state index in [2.05, 4.69) is 10.2 Å². The number of amides is 3. The van der Waals surface area contributed by atoms with Gasteiger partial charge in [0.1, 0.15) is 5.76 Å². The SMILES string of the molecule is O=C(CCN1C(=O)[C@H]2CC=CC[C@H]2C1=O)NC[C@@H](c1ccco1)N1CCCCC1. The summed E-state index contributed by atoms with van der Waals surface area (Å²) in [6, 6.07) is 3.83. The van der Waals surface area contributed by atoms with Crippen molar-refractivity contribution >= 4 is 17.7 Å². The Kier molecular flexibility index (Phi) is 6.13. The molecule has 29 heavy (non-hydrogen) atoms. The van der Waals surface area contributed by atoms with Gasteiger partial charge < -0.3 is 9.73 Å². The van der Waals surface area contributed by atoms with Gasteiger partial charge in [0.25, 0.3) is 0 Å². The number of rotatable bonds is 7. The zero-order valence-corrected chi connectivity index (χ0v) is 16.7. The van der Waals surface area contributed by atoms with Crippen LogP contribution in [0.1, 0.15) is 50.3 Å². The highest BCUT2D eigenvalue weighted by Gasteiger charge is 2.46. The number of imide groups is 1. The molecule has 0 radical (unpaired) electrons. The van der Waals surface area contributed by atoms with Crippen molar-refractivity contribution in [2.75, 3.05) is 26.2 Å². The van der Waals surface area contributed by atoms with Crippen LogP contribution in [0.5, 0.6) is 0 Å². The molecule has 0 aromatic carbocycles. The second-order valence-electron chi connectivity index (χ2n) is 8.17. The van der Waals surface area contributed by atoms with E-state index >= 15 is 0 Å². The minimum absolute atomic E-state index is 0.0123. The van der Waals surface area contributed by atoms with Gasteiger partial charge in [-0.05, 0) is 50.9 Å². The van der Waals surface area contributed by atoms with Crippen molar-refractivity contribution in [3.8, 4) is 0 Å². The van der Waals surface area contributed by atoms with Crippen molar-refractivity contribution in [1.29, 1.82) is 0 Å². The summed E-state index contributed by atoms with van der Waals surface area (Å²) < 4.78 is 5.61. The predicted molar refractivity (Wildman–Crippen MR) is 107 cm³/mol. The fourth-order valence-corrected chi connectivity index (χ4v) is 4.72. The van der Waals surface area contributed by atoms with Gasteiger partial charge in [0.05, 0.1) is 24.1 Å². The molecule has 0 spiro atoms. The second kappa shape index (κ2) is 8.95. The number of furan rings is 1. The molecule has 2 saturated heterocycles. The smallest absolute Gasteiger partial charge is 0.233 e. The molecule has 1 aliphatic carbocycles. The van der Waals surface area contributed by atoms with Gasteiger partial charge in [-0.2, -0.15) is 0 Å². The van der Waals surface area contributed by atoms with Crippen LogP contribution in [-0.2, 0) is 14.4 Å². The van der Waals surface area contributed by atoms with Crippen LogP contribution in [0, 0.1) is 11.8 Å². The summed E-state index contributed by atoms with van der Waals surface area (Å²) in [5, 5.41) is 2.98. The molecule has 1 aromatic heterocycles. The van der Waals surface area contributed by atoms with Gasteiger partial charge in [-0.1, -0.05) is 18.6 Å². The van der Waals surface area contributed by atoms with Crippen molar-refractivity contribution in [2.24, 2.45) is 11.8 Å². The van der Waals surface area contributed by atoms with E-state index in [-0.39, 0.29) is 48.6 Å². The van der Waals surface area contributed by atoms with Crippen LogP contribution < -0.4 is 5.32 Å². The molecule has 7 nitrogen and oxygen atoms in total. The standard InChI is InChI=1S/C22H29N3O4/c26-20(10-13-25-21(27)16-7-2-3-8-17(16)22(25)28)23-15-18(19-9-6-14-29-19)24-11-4-1-5-12-24/h2-3,6,9,14,16-18H,1,4-5,7-8,10-13,15H2,(H,23,26)/t16-,17+,18-/m0/s1. The summed E-state index contributed by atoms with van der Waals surface area (Å²) in [4.78, 5) is 41.1. The lowest BCUT2D eigenvalue weighted by molar-refractivity contribution is -0.140. The van der Waals surface area contributed by atoms with Gasteiger partial charge >= 0.3 is 0 Å². The molecule has 3 heterocycles. The highest BCUT2D eigenvalue weighted by molar-refractivity contribution is 6.05. The van der Waals surface area contributed by atoms with E-state index in [0.717, 1.165) is 31.7 Å². The normalized spacial score (nSPS) is 25.9. The van der Waals surface area contributed by atoms with E-state index in [1.165, 1.54) is 11.3 Å². The molecule has 0 saturated carbocycles. The molecule has 1 N–H and O–H groups in total. The first-order chi connectivity index (χ1) is 14.1. The van der Waals surface area contributed by atoms with E-state index in [1.54, 1.807) is 6.26 Å². The number of likely N-dealkylation sites (tertiary alicyclic amines) is 2. The lowest BCUT2D eigenvalue weighted by Crippen LogP contribution is -2.41. The maximum Gasteiger partial charge on any atom is 0.233 e. The van der Waals surface area contributed by atoms with Gasteiger partial charge in [-0.25, -0.2) is 0 Å². The highest BCUT2D eigenvalue weighted by Crippen LogP contribution is 2.35. The molecule has 0 bridgehead atoms. The molecular weight excluding hydrogens is 370 g/mol. The number of carbonyl (C=O) groups is 3. The van der Waals surface area contributed by atoms with Crippen LogP contribution in [0.3, 0.4) is 0 Å². The lowest BCUT2D eigenvalue weighted by atomic mass is 9.85. The van der Waals surface area contributed by atoms with Gasteiger partial charge in [0.2, 0.25) is 17.7 Å². The van der Waals surface area contributed by atoms with Crippen molar-refractivity contribution in [2.45, 2.75) is 44.6 Å². The van der Waals surface area contributed by atoms with Crippen LogP contribution >= 0.6 is 0 Å². The lowest BCUT2D eigenvalue weighted by Gasteiger charge is -2.33. The molecule has 2 fully saturated rings. The molecule has 3 aliphatic rings. The van der Waals surface area contributed by atoms with E-state index in [9.17, 15) is 14.4 Å². The molecule has 7 heteroatoms. The highest BCUT2D eigenvalue weighted by atomic mass is 16.3. The van der Waals surface area contributed by atoms with Crippen LogP contribution in [0.15, 0.2) is 35.0 Å².